The maximum atomic E-state index is 11.1. The number of allylic oxidation sites excluding steroid dienone is 2. The zero-order valence-electron chi connectivity index (χ0n) is 19.0. The number of ether oxygens (including phenoxy) is 2. The van der Waals surface area contributed by atoms with Crippen molar-refractivity contribution < 1.29 is 14.3 Å². The maximum absolute atomic E-state index is 11.1. The quantitative estimate of drug-likeness (QED) is 0.0575. The number of carbonyl (C=O) groups is 1. The van der Waals surface area contributed by atoms with Crippen LogP contribution < -0.4 is 0 Å². The van der Waals surface area contributed by atoms with E-state index >= 15 is 0 Å². The molecule has 0 aliphatic rings. The van der Waals surface area contributed by atoms with Gasteiger partial charge in [-0.25, -0.2) is 0 Å². The van der Waals surface area contributed by atoms with Crippen LogP contribution in [0, 0.1) is 0 Å². The van der Waals surface area contributed by atoms with Gasteiger partial charge in [-0.1, -0.05) is 110 Å². The van der Waals surface area contributed by atoms with Crippen LogP contribution in [0.5, 0.6) is 0 Å². The summed E-state index contributed by atoms with van der Waals surface area (Å²) in [5.74, 6) is 0.426. The summed E-state index contributed by atoms with van der Waals surface area (Å²) in [6.45, 7) is 5.42. The summed E-state index contributed by atoms with van der Waals surface area (Å²) in [5, 5.41) is 0. The fraction of sp³-hybridized carbons (Fsp3) is 0.880. The first kappa shape index (κ1) is 27.2. The number of unbranched alkanes of at least 4 members (excludes halogenated alkanes) is 16. The molecule has 0 N–H and O–H groups in total. The highest BCUT2D eigenvalue weighted by Crippen LogP contribution is 2.11. The van der Waals surface area contributed by atoms with E-state index < -0.39 is 0 Å². The van der Waals surface area contributed by atoms with Crippen molar-refractivity contribution in [1.82, 2.24) is 0 Å². The third-order valence-electron chi connectivity index (χ3n) is 5.22. The fourth-order valence-corrected chi connectivity index (χ4v) is 3.35. The van der Waals surface area contributed by atoms with Crippen molar-refractivity contribution in [3.63, 3.8) is 0 Å². The largest absolute Gasteiger partial charge is 0.464 e. The van der Waals surface area contributed by atoms with E-state index in [-0.39, 0.29) is 6.79 Å². The highest BCUT2D eigenvalue weighted by molar-refractivity contribution is 5.69. The Labute approximate surface area is 175 Å². The molecule has 0 aliphatic heterocycles. The zero-order chi connectivity index (χ0) is 20.5. The summed E-state index contributed by atoms with van der Waals surface area (Å²) in [7, 11) is 0. The Morgan fingerprint density at radius 2 is 1.11 bits per heavy atom. The van der Waals surface area contributed by atoms with Crippen LogP contribution in [0.1, 0.15) is 129 Å². The number of rotatable bonds is 23. The van der Waals surface area contributed by atoms with Crippen LogP contribution >= 0.6 is 0 Å². The van der Waals surface area contributed by atoms with Gasteiger partial charge in [-0.15, -0.1) is 0 Å². The number of aldehydes is 1. The first-order valence-corrected chi connectivity index (χ1v) is 12.2. The molecule has 0 spiro atoms. The van der Waals surface area contributed by atoms with E-state index in [1.54, 1.807) is 0 Å². The predicted molar refractivity (Wildman–Crippen MR) is 121 cm³/mol. The molecule has 3 nitrogen and oxygen atoms in total. The van der Waals surface area contributed by atoms with Gasteiger partial charge in [0.1, 0.15) is 0 Å². The predicted octanol–water partition coefficient (Wildman–Crippen LogP) is 8.12. The first-order chi connectivity index (χ1) is 13.8. The maximum Gasteiger partial charge on any atom is 0.189 e. The second kappa shape index (κ2) is 24.2. The smallest absolute Gasteiger partial charge is 0.189 e. The van der Waals surface area contributed by atoms with Crippen LogP contribution in [0.15, 0.2) is 11.8 Å². The van der Waals surface area contributed by atoms with Crippen LogP contribution in [0.3, 0.4) is 0 Å². The van der Waals surface area contributed by atoms with Crippen molar-refractivity contribution in [3.05, 3.63) is 11.8 Å². The van der Waals surface area contributed by atoms with E-state index in [1.165, 1.54) is 96.3 Å². The molecule has 0 bridgehead atoms. The van der Waals surface area contributed by atoms with Gasteiger partial charge in [-0.05, 0) is 25.3 Å². The van der Waals surface area contributed by atoms with Crippen LogP contribution in [0.4, 0.5) is 0 Å². The normalized spacial score (nSPS) is 11.7. The lowest BCUT2D eigenvalue weighted by Gasteiger charge is -2.07. The summed E-state index contributed by atoms with van der Waals surface area (Å²) in [6, 6.07) is 0. The van der Waals surface area contributed by atoms with Gasteiger partial charge in [0, 0.05) is 0 Å². The summed E-state index contributed by atoms with van der Waals surface area (Å²) in [4.78, 5) is 11.1. The Bertz CT molecular complexity index is 339. The Hall–Kier alpha value is -0.830. The minimum atomic E-state index is 0.193. The highest BCUT2D eigenvalue weighted by Gasteiger charge is 1.98. The second-order valence-corrected chi connectivity index (χ2v) is 7.99. The molecule has 0 amide bonds. The molecule has 0 rings (SSSR count). The molecule has 0 saturated carbocycles. The van der Waals surface area contributed by atoms with Crippen LogP contribution in [0.2, 0.25) is 0 Å². The molecule has 0 saturated heterocycles. The van der Waals surface area contributed by atoms with Crippen molar-refractivity contribution in [2.45, 2.75) is 129 Å². The minimum Gasteiger partial charge on any atom is -0.464 e. The minimum absolute atomic E-state index is 0.193. The molecule has 3 heteroatoms. The lowest BCUT2D eigenvalue weighted by atomic mass is 10.1. The van der Waals surface area contributed by atoms with Gasteiger partial charge < -0.3 is 9.47 Å². The average molecular weight is 397 g/mol. The molecule has 0 radical (unpaired) electrons. The molecule has 0 aromatic heterocycles. The Morgan fingerprint density at radius 3 is 1.61 bits per heavy atom. The van der Waals surface area contributed by atoms with E-state index in [0.717, 1.165) is 32.2 Å². The number of hydrogen-bond acceptors (Lipinski definition) is 3. The standard InChI is InChI=1S/C25H48O3/c1-3-5-7-9-11-13-14-15-17-19-21-25(23-26)28-24-27-22-20-18-16-12-10-8-6-4-2/h21,23H,3-20,22,24H2,1-2H3/b25-21+. The Morgan fingerprint density at radius 1 is 0.643 bits per heavy atom. The van der Waals surface area contributed by atoms with Gasteiger partial charge in [0.2, 0.25) is 0 Å². The van der Waals surface area contributed by atoms with E-state index in [0.29, 0.717) is 5.76 Å². The SMILES string of the molecule is CCCCCCCCCCC/C=C(\C=O)OCOCCCCCCCCCC. The Kier molecular flexibility index (Phi) is 23.5. The summed E-state index contributed by atoms with van der Waals surface area (Å²) in [6.07, 6.45) is 25.8. The molecular weight excluding hydrogens is 348 g/mol. The summed E-state index contributed by atoms with van der Waals surface area (Å²) >= 11 is 0. The van der Waals surface area contributed by atoms with E-state index in [4.69, 9.17) is 9.47 Å². The van der Waals surface area contributed by atoms with Gasteiger partial charge in [-0.2, -0.15) is 0 Å². The third-order valence-corrected chi connectivity index (χ3v) is 5.22. The van der Waals surface area contributed by atoms with Crippen molar-refractivity contribution >= 4 is 6.29 Å². The summed E-state index contributed by atoms with van der Waals surface area (Å²) < 4.78 is 10.9. The molecule has 166 valence electrons. The molecule has 0 aromatic rings. The molecule has 0 atom stereocenters. The first-order valence-electron chi connectivity index (χ1n) is 12.2. The van der Waals surface area contributed by atoms with Crippen molar-refractivity contribution in [2.24, 2.45) is 0 Å². The highest BCUT2D eigenvalue weighted by atomic mass is 16.7. The summed E-state index contributed by atoms with van der Waals surface area (Å²) in [5.41, 5.74) is 0. The third kappa shape index (κ3) is 21.5. The van der Waals surface area contributed by atoms with E-state index in [1.807, 2.05) is 6.08 Å². The number of carbonyl (C=O) groups excluding carboxylic acids is 1. The van der Waals surface area contributed by atoms with Crippen LogP contribution in [-0.4, -0.2) is 19.7 Å². The zero-order valence-corrected chi connectivity index (χ0v) is 19.0. The van der Waals surface area contributed by atoms with Gasteiger partial charge in [0.05, 0.1) is 6.61 Å². The fourth-order valence-electron chi connectivity index (χ4n) is 3.35. The molecule has 0 fully saturated rings. The lowest BCUT2D eigenvalue weighted by molar-refractivity contribution is -0.111. The number of hydrogen-bond donors (Lipinski definition) is 0. The van der Waals surface area contributed by atoms with Crippen molar-refractivity contribution in [1.29, 1.82) is 0 Å². The monoisotopic (exact) mass is 396 g/mol. The molecule has 28 heavy (non-hydrogen) atoms. The van der Waals surface area contributed by atoms with Gasteiger partial charge >= 0.3 is 0 Å². The van der Waals surface area contributed by atoms with Gasteiger partial charge in [0.15, 0.2) is 18.8 Å². The van der Waals surface area contributed by atoms with Crippen LogP contribution in [0.25, 0.3) is 0 Å². The van der Waals surface area contributed by atoms with Gasteiger partial charge in [0.25, 0.3) is 0 Å². The molecule has 0 aliphatic carbocycles. The van der Waals surface area contributed by atoms with Crippen molar-refractivity contribution in [3.8, 4) is 0 Å². The molecule has 0 heterocycles. The van der Waals surface area contributed by atoms with Crippen molar-refractivity contribution in [2.75, 3.05) is 13.4 Å². The molecular formula is C25H48O3. The average Bonchev–Trinajstić information content (AvgIpc) is 2.71. The molecule has 0 unspecified atom stereocenters. The van der Waals surface area contributed by atoms with E-state index in [9.17, 15) is 4.79 Å². The van der Waals surface area contributed by atoms with E-state index in [2.05, 4.69) is 13.8 Å². The lowest BCUT2D eigenvalue weighted by Crippen LogP contribution is -2.02. The Balaban J connectivity index is 3.39. The molecule has 0 aromatic carbocycles. The topological polar surface area (TPSA) is 35.5 Å². The van der Waals surface area contributed by atoms with Crippen LogP contribution in [-0.2, 0) is 14.3 Å². The van der Waals surface area contributed by atoms with Gasteiger partial charge in [-0.3, -0.25) is 4.79 Å². The second-order valence-electron chi connectivity index (χ2n) is 7.99.